The first kappa shape index (κ1) is 20.7. The van der Waals surface area contributed by atoms with Gasteiger partial charge in [-0.3, -0.25) is 0 Å². The van der Waals surface area contributed by atoms with Gasteiger partial charge in [0.25, 0.3) is 0 Å². The minimum Gasteiger partial charge on any atom is -0.542 e. The second-order valence-corrected chi connectivity index (χ2v) is 8.34. The second-order valence-electron chi connectivity index (χ2n) is 7.55. The maximum Gasteiger partial charge on any atom is 0.149 e. The molecule has 0 amide bonds. The number of benzene rings is 1. The molecule has 1 aromatic carbocycles. The van der Waals surface area contributed by atoms with E-state index in [0.29, 0.717) is 17.9 Å². The van der Waals surface area contributed by atoms with Crippen molar-refractivity contribution >= 4 is 33.0 Å². The fourth-order valence-electron chi connectivity index (χ4n) is 3.48. The summed E-state index contributed by atoms with van der Waals surface area (Å²) in [4.78, 5) is 11.0. The molecule has 0 atom stereocenters. The number of hydrogen-bond acceptors (Lipinski definition) is 3. The molecule has 1 aromatic rings. The van der Waals surface area contributed by atoms with Gasteiger partial charge >= 0.3 is 0 Å². The lowest BCUT2D eigenvalue weighted by Gasteiger charge is -2.36. The predicted molar refractivity (Wildman–Crippen MR) is 104 cm³/mol. The summed E-state index contributed by atoms with van der Waals surface area (Å²) in [5.74, 6) is -2.34. The fraction of sp³-hybridized carbons (Fsp3) is 0.476. The fourth-order valence-corrected chi connectivity index (χ4v) is 4.56. The van der Waals surface area contributed by atoms with E-state index in [2.05, 4.69) is 49.7 Å². The zero-order valence-electron chi connectivity index (χ0n) is 16.1. The molecule has 1 aliphatic carbocycles. The maximum atomic E-state index is 14.1. The molecule has 0 N–H and O–H groups in total. The van der Waals surface area contributed by atoms with E-state index in [1.165, 1.54) is 12.5 Å². The van der Waals surface area contributed by atoms with E-state index in [1.807, 2.05) is 13.0 Å². The average molecular weight is 424 g/mol. The van der Waals surface area contributed by atoms with Crippen molar-refractivity contribution < 1.29 is 19.0 Å². The van der Waals surface area contributed by atoms with Crippen LogP contribution in [-0.4, -0.2) is 12.6 Å². The number of carbonyl (C=O) groups excluding carboxylic acids is 1. The molecule has 0 spiro atoms. The first-order chi connectivity index (χ1) is 12.0. The standard InChI is InChI=1S/C21H26BrFO3/c1-7-26-19-14(12(4)18(23)20(24)25)10-15-13(11(2)3)8-9-21(5,6)16(15)17(19)22/h8,10-11H,7,9H2,1-6H3,(H,24,25)/p-1/b18-12+. The Labute approximate surface area is 163 Å². The summed E-state index contributed by atoms with van der Waals surface area (Å²) in [5.41, 5.74) is 3.60. The Morgan fingerprint density at radius 3 is 2.54 bits per heavy atom. The van der Waals surface area contributed by atoms with Crippen molar-refractivity contribution in [1.29, 1.82) is 0 Å². The van der Waals surface area contributed by atoms with Gasteiger partial charge < -0.3 is 14.6 Å². The topological polar surface area (TPSA) is 49.4 Å². The van der Waals surface area contributed by atoms with Crippen LogP contribution < -0.4 is 9.84 Å². The summed E-state index contributed by atoms with van der Waals surface area (Å²) in [7, 11) is 0. The molecule has 0 radical (unpaired) electrons. The Morgan fingerprint density at radius 1 is 1.42 bits per heavy atom. The summed E-state index contributed by atoms with van der Waals surface area (Å²) in [6.45, 7) is 12.2. The Hall–Kier alpha value is -1.62. The molecule has 0 saturated carbocycles. The molecule has 0 bridgehead atoms. The zero-order chi connectivity index (χ0) is 19.8. The van der Waals surface area contributed by atoms with Crippen LogP contribution in [0.4, 0.5) is 4.39 Å². The van der Waals surface area contributed by atoms with E-state index in [4.69, 9.17) is 4.74 Å². The summed E-state index contributed by atoms with van der Waals surface area (Å²) >= 11 is 3.67. The SMILES string of the molecule is CCOc1c(/C(C)=C(/F)C(=O)[O-])cc2c(c1Br)C(C)(C)CC=C2C(C)C. The van der Waals surface area contributed by atoms with E-state index in [9.17, 15) is 14.3 Å². The highest BCUT2D eigenvalue weighted by molar-refractivity contribution is 9.10. The number of rotatable bonds is 5. The Morgan fingerprint density at radius 2 is 2.04 bits per heavy atom. The zero-order valence-corrected chi connectivity index (χ0v) is 17.7. The van der Waals surface area contributed by atoms with Gasteiger partial charge in [0.05, 0.1) is 11.1 Å². The molecule has 142 valence electrons. The smallest absolute Gasteiger partial charge is 0.149 e. The molecule has 0 saturated heterocycles. The number of allylic oxidation sites excluding steroid dienone is 3. The van der Waals surface area contributed by atoms with Gasteiger partial charge in [0.1, 0.15) is 17.5 Å². The molecule has 26 heavy (non-hydrogen) atoms. The van der Waals surface area contributed by atoms with Crippen LogP contribution in [0.25, 0.3) is 11.1 Å². The third-order valence-corrected chi connectivity index (χ3v) is 5.62. The van der Waals surface area contributed by atoms with Gasteiger partial charge in [-0.2, -0.15) is 0 Å². The normalized spacial score (nSPS) is 16.7. The van der Waals surface area contributed by atoms with Crippen molar-refractivity contribution in [2.24, 2.45) is 5.92 Å². The van der Waals surface area contributed by atoms with Crippen LogP contribution in [0.3, 0.4) is 0 Å². The molecule has 0 unspecified atom stereocenters. The monoisotopic (exact) mass is 423 g/mol. The summed E-state index contributed by atoms with van der Waals surface area (Å²) < 4.78 is 20.7. The molecular formula is C21H25BrFO3-. The molecule has 1 aliphatic rings. The van der Waals surface area contributed by atoms with Crippen LogP contribution in [0, 0.1) is 5.92 Å². The van der Waals surface area contributed by atoms with Gasteiger partial charge in [0.15, 0.2) is 0 Å². The molecular weight excluding hydrogens is 399 g/mol. The third-order valence-electron chi connectivity index (χ3n) is 4.86. The first-order valence-corrected chi connectivity index (χ1v) is 9.60. The molecule has 5 heteroatoms. The highest BCUT2D eigenvalue weighted by Gasteiger charge is 2.34. The highest BCUT2D eigenvalue weighted by Crippen LogP contribution is 2.50. The first-order valence-electron chi connectivity index (χ1n) is 8.81. The van der Waals surface area contributed by atoms with E-state index in [0.717, 1.165) is 22.0 Å². The second kappa shape index (κ2) is 7.55. The van der Waals surface area contributed by atoms with Crippen LogP contribution in [0.1, 0.15) is 64.7 Å². The van der Waals surface area contributed by atoms with E-state index in [-0.39, 0.29) is 16.9 Å². The number of fused-ring (bicyclic) bond motifs is 1. The maximum absolute atomic E-state index is 14.1. The number of carboxylic acids is 1. The van der Waals surface area contributed by atoms with Crippen molar-refractivity contribution in [3.8, 4) is 5.75 Å². The van der Waals surface area contributed by atoms with Gasteiger partial charge in [-0.25, -0.2) is 4.39 Å². The number of hydrogen-bond donors (Lipinski definition) is 0. The molecule has 0 fully saturated rings. The molecule has 3 nitrogen and oxygen atoms in total. The van der Waals surface area contributed by atoms with Crippen LogP contribution in [0.5, 0.6) is 5.75 Å². The quantitative estimate of drug-likeness (QED) is 0.624. The minimum atomic E-state index is -1.82. The molecule has 0 heterocycles. The van der Waals surface area contributed by atoms with Crippen LogP contribution in [0.2, 0.25) is 0 Å². The number of carboxylic acid groups (broad SMARTS) is 1. The summed E-state index contributed by atoms with van der Waals surface area (Å²) in [6, 6.07) is 1.86. The predicted octanol–water partition coefficient (Wildman–Crippen LogP) is 5.02. The van der Waals surface area contributed by atoms with Crippen molar-refractivity contribution in [3.05, 3.63) is 39.1 Å². The van der Waals surface area contributed by atoms with E-state index in [1.54, 1.807) is 0 Å². The van der Waals surface area contributed by atoms with Gasteiger partial charge in [0, 0.05) is 5.56 Å². The Balaban J connectivity index is 2.91. The van der Waals surface area contributed by atoms with Crippen molar-refractivity contribution in [3.63, 3.8) is 0 Å². The van der Waals surface area contributed by atoms with Gasteiger partial charge in [-0.1, -0.05) is 33.8 Å². The Kier molecular flexibility index (Phi) is 6.01. The average Bonchev–Trinajstić information content (AvgIpc) is 2.54. The number of ether oxygens (including phenoxy) is 1. The van der Waals surface area contributed by atoms with Crippen LogP contribution >= 0.6 is 15.9 Å². The highest BCUT2D eigenvalue weighted by atomic mass is 79.9. The van der Waals surface area contributed by atoms with Gasteiger partial charge in [0.2, 0.25) is 0 Å². The van der Waals surface area contributed by atoms with E-state index < -0.39 is 11.8 Å². The van der Waals surface area contributed by atoms with Gasteiger partial charge in [-0.05, 0) is 75.9 Å². The molecule has 2 rings (SSSR count). The lowest BCUT2D eigenvalue weighted by molar-refractivity contribution is -0.301. The minimum absolute atomic E-state index is 0.00318. The summed E-state index contributed by atoms with van der Waals surface area (Å²) in [5, 5.41) is 11.0. The van der Waals surface area contributed by atoms with E-state index >= 15 is 0 Å². The number of aliphatic carboxylic acids is 1. The van der Waals surface area contributed by atoms with Gasteiger partial charge in [-0.15, -0.1) is 0 Å². The lowest BCUT2D eigenvalue weighted by Crippen LogP contribution is -2.25. The number of halogens is 2. The number of carbonyl (C=O) groups is 1. The Bertz CT molecular complexity index is 804. The third kappa shape index (κ3) is 3.59. The van der Waals surface area contributed by atoms with Crippen molar-refractivity contribution in [2.45, 2.75) is 53.4 Å². The lowest BCUT2D eigenvalue weighted by atomic mass is 9.70. The molecule has 0 aliphatic heterocycles. The molecule has 0 aromatic heterocycles. The van der Waals surface area contributed by atoms with Crippen LogP contribution in [0.15, 0.2) is 22.4 Å². The largest absolute Gasteiger partial charge is 0.542 e. The van der Waals surface area contributed by atoms with Crippen molar-refractivity contribution in [1.82, 2.24) is 0 Å². The van der Waals surface area contributed by atoms with Crippen molar-refractivity contribution in [2.75, 3.05) is 6.61 Å². The summed E-state index contributed by atoms with van der Waals surface area (Å²) in [6.07, 6.45) is 3.11. The van der Waals surface area contributed by atoms with Crippen LogP contribution in [-0.2, 0) is 10.2 Å².